The van der Waals surface area contributed by atoms with Gasteiger partial charge in [0.25, 0.3) is 0 Å². The van der Waals surface area contributed by atoms with Gasteiger partial charge in [-0.1, -0.05) is 12.0 Å². The van der Waals surface area contributed by atoms with E-state index in [2.05, 4.69) is 32.9 Å². The fraction of sp³-hybridized carbons (Fsp3) is 0.545. The Labute approximate surface area is 106 Å². The van der Waals surface area contributed by atoms with E-state index in [1.807, 2.05) is 27.2 Å². The molecule has 0 aromatic carbocycles. The van der Waals surface area contributed by atoms with Crippen LogP contribution in [0.15, 0.2) is 10.6 Å². The Morgan fingerprint density at radius 2 is 2.22 bits per heavy atom. The third-order valence-electron chi connectivity index (χ3n) is 2.73. The first kappa shape index (κ1) is 12.6. The maximum absolute atomic E-state index is 5.52. The Bertz CT molecular complexity index is 517. The maximum atomic E-state index is 5.52. The molecule has 2 aromatic heterocycles. The van der Waals surface area contributed by atoms with Crippen molar-refractivity contribution < 1.29 is 4.42 Å². The lowest BCUT2D eigenvalue weighted by atomic mass is 10.3. The molecule has 7 nitrogen and oxygen atoms in total. The molecule has 0 aliphatic heterocycles. The van der Waals surface area contributed by atoms with E-state index >= 15 is 0 Å². The Hall–Kier alpha value is -1.89. The molecular formula is C11H18N6O. The highest BCUT2D eigenvalue weighted by molar-refractivity contribution is 5.54. The zero-order valence-corrected chi connectivity index (χ0v) is 11.1. The van der Waals surface area contributed by atoms with E-state index in [1.165, 1.54) is 0 Å². The van der Waals surface area contributed by atoms with Crippen molar-refractivity contribution in [2.45, 2.75) is 26.3 Å². The van der Waals surface area contributed by atoms with Gasteiger partial charge in [-0.05, 0) is 20.4 Å². The van der Waals surface area contributed by atoms with E-state index in [9.17, 15) is 0 Å². The van der Waals surface area contributed by atoms with Crippen LogP contribution in [0.5, 0.6) is 0 Å². The average Bonchev–Trinajstić information content (AvgIpc) is 2.95. The van der Waals surface area contributed by atoms with Crippen molar-refractivity contribution in [3.05, 3.63) is 17.8 Å². The summed E-state index contributed by atoms with van der Waals surface area (Å²) in [5.41, 5.74) is 1.87. The van der Waals surface area contributed by atoms with Crippen LogP contribution in [-0.2, 0) is 13.5 Å². The third-order valence-corrected chi connectivity index (χ3v) is 2.73. The lowest BCUT2D eigenvalue weighted by Crippen LogP contribution is -2.12. The van der Waals surface area contributed by atoms with Crippen LogP contribution in [0.4, 0.5) is 11.7 Å². The Kier molecular flexibility index (Phi) is 3.61. The van der Waals surface area contributed by atoms with Gasteiger partial charge in [0, 0.05) is 13.2 Å². The van der Waals surface area contributed by atoms with Crippen LogP contribution < -0.4 is 10.6 Å². The Balaban J connectivity index is 2.15. The van der Waals surface area contributed by atoms with Crippen molar-refractivity contribution in [2.75, 3.05) is 12.4 Å². The van der Waals surface area contributed by atoms with Gasteiger partial charge in [-0.2, -0.15) is 5.10 Å². The zero-order chi connectivity index (χ0) is 13.1. The van der Waals surface area contributed by atoms with E-state index < -0.39 is 0 Å². The van der Waals surface area contributed by atoms with Crippen LogP contribution >= 0.6 is 0 Å². The molecular weight excluding hydrogens is 232 g/mol. The quantitative estimate of drug-likeness (QED) is 0.834. The number of rotatable bonds is 5. The van der Waals surface area contributed by atoms with Crippen molar-refractivity contribution in [2.24, 2.45) is 7.05 Å². The van der Waals surface area contributed by atoms with E-state index in [4.69, 9.17) is 4.42 Å². The highest BCUT2D eigenvalue weighted by Crippen LogP contribution is 2.20. The number of nitrogens with one attached hydrogen (secondary N) is 2. The summed E-state index contributed by atoms with van der Waals surface area (Å²) in [5.74, 6) is 0.557. The first-order valence-corrected chi connectivity index (χ1v) is 5.94. The average molecular weight is 250 g/mol. The molecule has 0 fully saturated rings. The van der Waals surface area contributed by atoms with E-state index in [0.717, 1.165) is 17.8 Å². The number of aryl methyl sites for hydroxylation is 2. The molecule has 0 saturated carbocycles. The third kappa shape index (κ3) is 2.51. The monoisotopic (exact) mass is 250 g/mol. The van der Waals surface area contributed by atoms with Gasteiger partial charge in [0.2, 0.25) is 5.89 Å². The van der Waals surface area contributed by atoms with Crippen LogP contribution in [0.2, 0.25) is 0 Å². The molecule has 0 spiro atoms. The summed E-state index contributed by atoms with van der Waals surface area (Å²) in [6.45, 7) is 4.01. The molecule has 2 rings (SSSR count). The first-order chi connectivity index (χ1) is 8.63. The molecule has 0 bridgehead atoms. The largest absolute Gasteiger partial charge is 0.406 e. The van der Waals surface area contributed by atoms with Crippen molar-refractivity contribution in [1.82, 2.24) is 25.3 Å². The molecule has 0 aliphatic rings. The van der Waals surface area contributed by atoms with E-state index in [0.29, 0.717) is 11.9 Å². The van der Waals surface area contributed by atoms with Gasteiger partial charge in [-0.15, -0.1) is 5.10 Å². The summed E-state index contributed by atoms with van der Waals surface area (Å²) in [6.07, 6.45) is 2.74. The van der Waals surface area contributed by atoms with Crippen molar-refractivity contribution in [3.8, 4) is 0 Å². The minimum absolute atomic E-state index is 0.0348. The van der Waals surface area contributed by atoms with Gasteiger partial charge in [0.05, 0.1) is 17.4 Å². The molecule has 1 unspecified atom stereocenters. The standard InChI is InChI=1S/C11H18N6O/c1-5-8-9(6-17(4)16-8)13-11-15-14-10(18-11)7(2)12-3/h6-7,12H,5H2,1-4H3,(H,13,15). The second-order valence-electron chi connectivity index (χ2n) is 4.10. The van der Waals surface area contributed by atoms with Gasteiger partial charge in [-0.25, -0.2) is 0 Å². The zero-order valence-electron chi connectivity index (χ0n) is 11.1. The second kappa shape index (κ2) is 5.18. The number of hydrogen-bond acceptors (Lipinski definition) is 6. The molecule has 7 heteroatoms. The van der Waals surface area contributed by atoms with Crippen molar-refractivity contribution in [1.29, 1.82) is 0 Å². The molecule has 18 heavy (non-hydrogen) atoms. The maximum Gasteiger partial charge on any atom is 0.320 e. The first-order valence-electron chi connectivity index (χ1n) is 5.94. The van der Waals surface area contributed by atoms with Gasteiger partial charge < -0.3 is 15.1 Å². The Morgan fingerprint density at radius 1 is 1.44 bits per heavy atom. The summed E-state index contributed by atoms with van der Waals surface area (Å²) < 4.78 is 7.27. The topological polar surface area (TPSA) is 80.8 Å². The fourth-order valence-electron chi connectivity index (χ4n) is 1.60. The van der Waals surface area contributed by atoms with Crippen LogP contribution in [0.3, 0.4) is 0 Å². The number of nitrogens with zero attached hydrogens (tertiary/aromatic N) is 4. The smallest absolute Gasteiger partial charge is 0.320 e. The molecule has 98 valence electrons. The molecule has 2 aromatic rings. The Morgan fingerprint density at radius 3 is 2.89 bits per heavy atom. The molecule has 2 N–H and O–H groups in total. The molecule has 0 saturated heterocycles. The van der Waals surface area contributed by atoms with Crippen LogP contribution in [0, 0.1) is 0 Å². The van der Waals surface area contributed by atoms with Crippen LogP contribution in [0.1, 0.15) is 31.5 Å². The summed E-state index contributed by atoms with van der Waals surface area (Å²) in [6, 6.07) is 0.419. The normalized spacial score (nSPS) is 12.7. The van der Waals surface area contributed by atoms with E-state index in [1.54, 1.807) is 4.68 Å². The summed E-state index contributed by atoms with van der Waals surface area (Å²) in [4.78, 5) is 0. The van der Waals surface area contributed by atoms with Crippen LogP contribution in [0.25, 0.3) is 0 Å². The lowest BCUT2D eigenvalue weighted by molar-refractivity contribution is 0.443. The number of aromatic nitrogens is 4. The molecule has 0 amide bonds. The predicted octanol–water partition coefficient (Wildman–Crippen LogP) is 1.39. The summed E-state index contributed by atoms with van der Waals surface area (Å²) in [7, 11) is 3.73. The number of anilines is 2. The van der Waals surface area contributed by atoms with Crippen molar-refractivity contribution >= 4 is 11.7 Å². The van der Waals surface area contributed by atoms with Crippen molar-refractivity contribution in [3.63, 3.8) is 0 Å². The fourth-order valence-corrected chi connectivity index (χ4v) is 1.60. The second-order valence-corrected chi connectivity index (χ2v) is 4.10. The minimum Gasteiger partial charge on any atom is -0.406 e. The van der Waals surface area contributed by atoms with E-state index in [-0.39, 0.29) is 6.04 Å². The van der Waals surface area contributed by atoms with Gasteiger partial charge in [-0.3, -0.25) is 4.68 Å². The molecule has 1 atom stereocenters. The van der Waals surface area contributed by atoms with Gasteiger partial charge in [0.1, 0.15) is 0 Å². The van der Waals surface area contributed by atoms with Crippen LogP contribution in [-0.4, -0.2) is 27.0 Å². The highest BCUT2D eigenvalue weighted by Gasteiger charge is 2.13. The summed E-state index contributed by atoms with van der Waals surface area (Å²) in [5, 5.41) is 18.4. The number of hydrogen-bond donors (Lipinski definition) is 2. The highest BCUT2D eigenvalue weighted by atomic mass is 16.4. The predicted molar refractivity (Wildman–Crippen MR) is 67.6 cm³/mol. The van der Waals surface area contributed by atoms with Gasteiger partial charge >= 0.3 is 6.01 Å². The molecule has 2 heterocycles. The van der Waals surface area contributed by atoms with Gasteiger partial charge in [0.15, 0.2) is 0 Å². The minimum atomic E-state index is 0.0348. The SMILES string of the molecule is CCc1nn(C)cc1Nc1nnc(C(C)NC)o1. The lowest BCUT2D eigenvalue weighted by Gasteiger charge is -2.02. The molecule has 0 radical (unpaired) electrons. The molecule has 0 aliphatic carbocycles. The summed E-state index contributed by atoms with van der Waals surface area (Å²) >= 11 is 0.